The summed E-state index contributed by atoms with van der Waals surface area (Å²) in [6.45, 7) is 3.46. The minimum Gasteiger partial charge on any atom is -0.508 e. The third-order valence-corrected chi connectivity index (χ3v) is 2.83. The Morgan fingerprint density at radius 3 is 2.32 bits per heavy atom. The monoisotopic (exact) mass is 258 g/mol. The summed E-state index contributed by atoms with van der Waals surface area (Å²) in [7, 11) is 0. The molecule has 2 aromatic carbocycles. The molecule has 0 atom stereocenters. The Bertz CT molecular complexity index is 632. The van der Waals surface area contributed by atoms with Crippen molar-refractivity contribution < 1.29 is 19.7 Å². The Hall–Kier alpha value is -2.49. The standard InChI is InChI=1S/C15H14O4/c1-9-5-12(3-4-14(9)17)19-13-6-10(2)15(18)11(7-13)8-16/h3-8,17-18H,1-2H3. The SMILES string of the molecule is Cc1cc(Oc2cc(C)c(O)c(C=O)c2)ccc1O. The zero-order chi connectivity index (χ0) is 14.0. The van der Waals surface area contributed by atoms with Crippen LogP contribution >= 0.6 is 0 Å². The van der Waals surface area contributed by atoms with Crippen molar-refractivity contribution in [3.8, 4) is 23.0 Å². The Morgan fingerprint density at radius 1 is 1.00 bits per heavy atom. The van der Waals surface area contributed by atoms with Crippen molar-refractivity contribution in [3.05, 3.63) is 47.0 Å². The second kappa shape index (κ2) is 5.02. The fraction of sp³-hybridized carbons (Fsp3) is 0.133. The highest BCUT2D eigenvalue weighted by Gasteiger charge is 2.08. The molecule has 0 bridgehead atoms. The van der Waals surface area contributed by atoms with Crippen LogP contribution in [0.3, 0.4) is 0 Å². The number of ether oxygens (including phenoxy) is 1. The van der Waals surface area contributed by atoms with Crippen molar-refractivity contribution in [1.82, 2.24) is 0 Å². The number of aldehydes is 1. The minimum atomic E-state index is -0.0377. The summed E-state index contributed by atoms with van der Waals surface area (Å²) in [5.41, 5.74) is 1.45. The maximum Gasteiger partial charge on any atom is 0.153 e. The lowest BCUT2D eigenvalue weighted by Gasteiger charge is -2.10. The van der Waals surface area contributed by atoms with E-state index in [1.54, 1.807) is 38.1 Å². The van der Waals surface area contributed by atoms with E-state index in [0.717, 1.165) is 0 Å². The molecule has 2 N–H and O–H groups in total. The van der Waals surface area contributed by atoms with Gasteiger partial charge in [-0.15, -0.1) is 0 Å². The summed E-state index contributed by atoms with van der Waals surface area (Å²) in [5.74, 6) is 1.17. The summed E-state index contributed by atoms with van der Waals surface area (Å²) >= 11 is 0. The molecule has 0 unspecified atom stereocenters. The molecular formula is C15H14O4. The van der Waals surface area contributed by atoms with Gasteiger partial charge in [0.15, 0.2) is 6.29 Å². The van der Waals surface area contributed by atoms with Gasteiger partial charge < -0.3 is 14.9 Å². The van der Waals surface area contributed by atoms with Crippen LogP contribution in [0, 0.1) is 13.8 Å². The van der Waals surface area contributed by atoms with E-state index in [0.29, 0.717) is 28.9 Å². The zero-order valence-electron chi connectivity index (χ0n) is 10.7. The number of hydrogen-bond acceptors (Lipinski definition) is 4. The fourth-order valence-electron chi connectivity index (χ4n) is 1.75. The van der Waals surface area contributed by atoms with Crippen LogP contribution in [0.1, 0.15) is 21.5 Å². The van der Waals surface area contributed by atoms with E-state index in [4.69, 9.17) is 4.74 Å². The van der Waals surface area contributed by atoms with E-state index in [1.165, 1.54) is 6.07 Å². The van der Waals surface area contributed by atoms with Gasteiger partial charge in [-0.3, -0.25) is 4.79 Å². The quantitative estimate of drug-likeness (QED) is 0.829. The van der Waals surface area contributed by atoms with Gasteiger partial charge in [0.2, 0.25) is 0 Å². The average molecular weight is 258 g/mol. The molecule has 2 rings (SSSR count). The lowest BCUT2D eigenvalue weighted by atomic mass is 10.1. The molecule has 0 aromatic heterocycles. The van der Waals surface area contributed by atoms with Gasteiger partial charge in [-0.2, -0.15) is 0 Å². The first kappa shape index (κ1) is 13.0. The van der Waals surface area contributed by atoms with Crippen LogP contribution in [-0.4, -0.2) is 16.5 Å². The van der Waals surface area contributed by atoms with Gasteiger partial charge in [-0.25, -0.2) is 0 Å². The van der Waals surface area contributed by atoms with Gasteiger partial charge in [0.1, 0.15) is 23.0 Å². The predicted molar refractivity (Wildman–Crippen MR) is 71.1 cm³/mol. The number of aromatic hydroxyl groups is 2. The van der Waals surface area contributed by atoms with Gasteiger partial charge in [0, 0.05) is 0 Å². The lowest BCUT2D eigenvalue weighted by molar-refractivity contribution is 0.112. The molecule has 98 valence electrons. The van der Waals surface area contributed by atoms with E-state index in [-0.39, 0.29) is 17.1 Å². The van der Waals surface area contributed by atoms with Crippen molar-refractivity contribution in [2.75, 3.05) is 0 Å². The molecule has 0 radical (unpaired) electrons. The number of carbonyl (C=O) groups excluding carboxylic acids is 1. The zero-order valence-corrected chi connectivity index (χ0v) is 10.7. The number of phenolic OH excluding ortho intramolecular Hbond substituents is 2. The van der Waals surface area contributed by atoms with Crippen LogP contribution in [0.5, 0.6) is 23.0 Å². The van der Waals surface area contributed by atoms with E-state index < -0.39 is 0 Å². The molecule has 2 aromatic rings. The Morgan fingerprint density at radius 2 is 1.68 bits per heavy atom. The molecular weight excluding hydrogens is 244 g/mol. The molecule has 4 nitrogen and oxygen atoms in total. The Kier molecular flexibility index (Phi) is 3.42. The molecule has 0 fully saturated rings. The lowest BCUT2D eigenvalue weighted by Crippen LogP contribution is -1.90. The van der Waals surface area contributed by atoms with Gasteiger partial charge in [-0.1, -0.05) is 0 Å². The molecule has 0 saturated heterocycles. The van der Waals surface area contributed by atoms with E-state index in [1.807, 2.05) is 0 Å². The van der Waals surface area contributed by atoms with Crippen LogP contribution < -0.4 is 4.74 Å². The maximum atomic E-state index is 10.8. The molecule has 4 heteroatoms. The summed E-state index contributed by atoms with van der Waals surface area (Å²) in [5, 5.41) is 19.1. The normalized spacial score (nSPS) is 10.2. The largest absolute Gasteiger partial charge is 0.508 e. The van der Waals surface area contributed by atoms with Gasteiger partial charge in [0.05, 0.1) is 5.56 Å². The highest BCUT2D eigenvalue weighted by Crippen LogP contribution is 2.31. The highest BCUT2D eigenvalue weighted by molar-refractivity contribution is 5.81. The molecule has 0 aliphatic rings. The van der Waals surface area contributed by atoms with Gasteiger partial charge in [-0.05, 0) is 55.3 Å². The minimum absolute atomic E-state index is 0.0377. The van der Waals surface area contributed by atoms with Gasteiger partial charge >= 0.3 is 0 Å². The number of hydrogen-bond donors (Lipinski definition) is 2. The summed E-state index contributed by atoms with van der Waals surface area (Å²) < 4.78 is 5.61. The first-order valence-electron chi connectivity index (χ1n) is 5.77. The molecule has 0 heterocycles. The third-order valence-electron chi connectivity index (χ3n) is 2.83. The van der Waals surface area contributed by atoms with E-state index >= 15 is 0 Å². The molecule has 0 aliphatic carbocycles. The number of rotatable bonds is 3. The van der Waals surface area contributed by atoms with Crippen molar-refractivity contribution >= 4 is 6.29 Å². The van der Waals surface area contributed by atoms with Crippen LogP contribution in [0.4, 0.5) is 0 Å². The van der Waals surface area contributed by atoms with Crippen LogP contribution in [-0.2, 0) is 0 Å². The van der Waals surface area contributed by atoms with Crippen molar-refractivity contribution in [1.29, 1.82) is 0 Å². The molecule has 0 saturated carbocycles. The van der Waals surface area contributed by atoms with Gasteiger partial charge in [0.25, 0.3) is 0 Å². The number of benzene rings is 2. The molecule has 0 amide bonds. The van der Waals surface area contributed by atoms with E-state index in [9.17, 15) is 15.0 Å². The van der Waals surface area contributed by atoms with Crippen molar-refractivity contribution in [3.63, 3.8) is 0 Å². The van der Waals surface area contributed by atoms with Crippen LogP contribution in [0.15, 0.2) is 30.3 Å². The second-order valence-electron chi connectivity index (χ2n) is 4.35. The van der Waals surface area contributed by atoms with Crippen LogP contribution in [0.25, 0.3) is 0 Å². The molecule has 19 heavy (non-hydrogen) atoms. The summed E-state index contributed by atoms with van der Waals surface area (Å²) in [6.07, 6.45) is 0.581. The van der Waals surface area contributed by atoms with Crippen molar-refractivity contribution in [2.24, 2.45) is 0 Å². The number of carbonyl (C=O) groups is 1. The number of aryl methyl sites for hydroxylation is 2. The first-order chi connectivity index (χ1) is 9.01. The maximum absolute atomic E-state index is 10.8. The average Bonchev–Trinajstić information content (AvgIpc) is 2.38. The Labute approximate surface area is 110 Å². The topological polar surface area (TPSA) is 66.8 Å². The van der Waals surface area contributed by atoms with Crippen molar-refractivity contribution in [2.45, 2.75) is 13.8 Å². The summed E-state index contributed by atoms with van der Waals surface area (Å²) in [6, 6.07) is 7.98. The smallest absolute Gasteiger partial charge is 0.153 e. The Balaban J connectivity index is 2.35. The van der Waals surface area contributed by atoms with E-state index in [2.05, 4.69) is 0 Å². The highest BCUT2D eigenvalue weighted by atomic mass is 16.5. The van der Waals surface area contributed by atoms with Crippen LogP contribution in [0.2, 0.25) is 0 Å². The number of phenols is 2. The third kappa shape index (κ3) is 2.68. The summed E-state index contributed by atoms with van der Waals surface area (Å²) in [4.78, 5) is 10.8. The predicted octanol–water partition coefficient (Wildman–Crippen LogP) is 3.32. The fourth-order valence-corrected chi connectivity index (χ4v) is 1.75. The first-order valence-corrected chi connectivity index (χ1v) is 5.77. The molecule has 0 aliphatic heterocycles. The second-order valence-corrected chi connectivity index (χ2v) is 4.35. The molecule has 0 spiro atoms.